The van der Waals surface area contributed by atoms with E-state index in [0.717, 1.165) is 17.4 Å². The fourth-order valence-electron chi connectivity index (χ4n) is 2.34. The molecule has 0 saturated carbocycles. The number of phenolic OH excluding ortho intramolecular Hbond substituents is 2. The molecule has 0 bridgehead atoms. The van der Waals surface area contributed by atoms with E-state index in [2.05, 4.69) is 5.32 Å². The van der Waals surface area contributed by atoms with Crippen LogP contribution in [0.3, 0.4) is 0 Å². The van der Waals surface area contributed by atoms with Crippen LogP contribution in [0.2, 0.25) is 0 Å². The predicted molar refractivity (Wildman–Crippen MR) is 107 cm³/mol. The van der Waals surface area contributed by atoms with Gasteiger partial charge >= 0.3 is 7.60 Å². The van der Waals surface area contributed by atoms with Crippen LogP contribution >= 0.6 is 18.9 Å². The van der Waals surface area contributed by atoms with Gasteiger partial charge < -0.3 is 25.3 Å². The number of fused-ring (bicyclic) bond motifs is 1. The SMILES string of the molecule is O=C(Nc1ccc2sc(S(=O)(=O)NCP(=O)(O)O)cc2c1)c1ccc(O)c(O)c1. The number of rotatable bonds is 6. The first kappa shape index (κ1) is 21.2. The Kier molecular flexibility index (Phi) is 5.68. The normalized spacial score (nSPS) is 12.2. The van der Waals surface area contributed by atoms with Crippen LogP contribution in [0.4, 0.5) is 5.69 Å². The number of amides is 1. The summed E-state index contributed by atoms with van der Waals surface area (Å²) in [5.41, 5.74) is 0.468. The third-order valence-electron chi connectivity index (χ3n) is 3.71. The molecule has 154 valence electrons. The molecule has 0 saturated heterocycles. The first-order chi connectivity index (χ1) is 13.4. The van der Waals surface area contributed by atoms with Gasteiger partial charge in [-0.05, 0) is 47.9 Å². The number of nitrogens with one attached hydrogen (secondary N) is 2. The largest absolute Gasteiger partial charge is 0.504 e. The van der Waals surface area contributed by atoms with Crippen molar-refractivity contribution in [2.24, 2.45) is 0 Å². The highest BCUT2D eigenvalue weighted by atomic mass is 32.2. The minimum Gasteiger partial charge on any atom is -0.504 e. The zero-order valence-electron chi connectivity index (χ0n) is 14.4. The first-order valence-electron chi connectivity index (χ1n) is 7.86. The van der Waals surface area contributed by atoms with Crippen LogP contribution in [0.5, 0.6) is 11.5 Å². The molecule has 0 aliphatic rings. The molecule has 10 nitrogen and oxygen atoms in total. The minimum atomic E-state index is -4.54. The van der Waals surface area contributed by atoms with Crippen molar-refractivity contribution in [1.82, 2.24) is 4.72 Å². The number of carbonyl (C=O) groups excluding carboxylic acids is 1. The van der Waals surface area contributed by atoms with E-state index in [-0.39, 0.29) is 15.5 Å². The number of anilines is 1. The van der Waals surface area contributed by atoms with Crippen molar-refractivity contribution in [1.29, 1.82) is 0 Å². The van der Waals surface area contributed by atoms with Crippen molar-refractivity contribution in [3.63, 3.8) is 0 Å². The maximum atomic E-state index is 12.3. The standard InChI is InChI=1S/C16H15N2O8PS2/c19-12-3-1-9(6-13(12)20)16(21)18-11-2-4-14-10(5-11)7-15(28-14)29(25,26)17-8-27(22,23)24/h1-7,17,19-20H,8H2,(H,18,21)(H2,22,23,24). The van der Waals surface area contributed by atoms with Crippen molar-refractivity contribution in [2.45, 2.75) is 4.21 Å². The second-order valence-corrected chi connectivity index (χ2v) is 10.7. The van der Waals surface area contributed by atoms with Crippen LogP contribution in [-0.4, -0.2) is 40.6 Å². The Morgan fingerprint density at radius 3 is 2.41 bits per heavy atom. The van der Waals surface area contributed by atoms with Gasteiger partial charge in [0, 0.05) is 16.0 Å². The summed E-state index contributed by atoms with van der Waals surface area (Å²) in [4.78, 5) is 29.9. The summed E-state index contributed by atoms with van der Waals surface area (Å²) >= 11 is 0.905. The Morgan fingerprint density at radius 1 is 1.03 bits per heavy atom. The summed E-state index contributed by atoms with van der Waals surface area (Å²) < 4.78 is 37.6. The summed E-state index contributed by atoms with van der Waals surface area (Å²) in [5.74, 6) is -1.35. The second-order valence-electron chi connectivity index (χ2n) is 5.95. The molecule has 0 radical (unpaired) electrons. The maximum Gasteiger partial charge on any atom is 0.340 e. The van der Waals surface area contributed by atoms with Gasteiger partial charge in [-0.3, -0.25) is 9.36 Å². The second kappa shape index (κ2) is 7.75. The monoisotopic (exact) mass is 458 g/mol. The zero-order valence-corrected chi connectivity index (χ0v) is 17.0. The van der Waals surface area contributed by atoms with E-state index in [0.29, 0.717) is 15.8 Å². The molecule has 2 aromatic carbocycles. The van der Waals surface area contributed by atoms with Crippen molar-refractivity contribution in [2.75, 3.05) is 11.6 Å². The van der Waals surface area contributed by atoms with Crippen LogP contribution in [0.25, 0.3) is 10.1 Å². The molecule has 29 heavy (non-hydrogen) atoms. The predicted octanol–water partition coefficient (Wildman–Crippen LogP) is 1.98. The Balaban J connectivity index is 1.82. The van der Waals surface area contributed by atoms with Crippen molar-refractivity contribution >= 4 is 50.6 Å². The highest BCUT2D eigenvalue weighted by Crippen LogP contribution is 2.35. The lowest BCUT2D eigenvalue weighted by molar-refractivity contribution is 0.102. The average molecular weight is 458 g/mol. The molecule has 0 aliphatic heterocycles. The molecule has 6 N–H and O–H groups in total. The highest BCUT2D eigenvalue weighted by molar-refractivity contribution is 7.92. The molecule has 0 atom stereocenters. The summed E-state index contributed by atoms with van der Waals surface area (Å²) in [5, 5.41) is 21.9. The highest BCUT2D eigenvalue weighted by Gasteiger charge is 2.22. The van der Waals surface area contributed by atoms with Crippen molar-refractivity contribution in [3.05, 3.63) is 48.0 Å². The van der Waals surface area contributed by atoms with E-state index < -0.39 is 35.6 Å². The van der Waals surface area contributed by atoms with E-state index >= 15 is 0 Å². The molecule has 1 amide bonds. The Labute approximate surface area is 168 Å². The minimum absolute atomic E-state index is 0.107. The molecule has 1 aromatic heterocycles. The number of benzene rings is 2. The number of thiophene rings is 1. The van der Waals surface area contributed by atoms with Gasteiger partial charge in [0.1, 0.15) is 10.5 Å². The van der Waals surface area contributed by atoms with E-state index in [4.69, 9.17) is 9.79 Å². The third-order valence-corrected chi connectivity index (χ3v) is 7.49. The van der Waals surface area contributed by atoms with Crippen LogP contribution in [0.15, 0.2) is 46.7 Å². The van der Waals surface area contributed by atoms with Crippen LogP contribution < -0.4 is 10.0 Å². The number of aromatic hydroxyl groups is 2. The van der Waals surface area contributed by atoms with Crippen molar-refractivity contribution < 1.29 is 37.8 Å². The lowest BCUT2D eigenvalue weighted by Gasteiger charge is -2.06. The molecular formula is C16H15N2O8PS2. The van der Waals surface area contributed by atoms with E-state index in [1.165, 1.54) is 24.3 Å². The summed E-state index contributed by atoms with van der Waals surface area (Å²) in [6.45, 7) is 0. The smallest absolute Gasteiger partial charge is 0.340 e. The topological polar surface area (TPSA) is 173 Å². The molecule has 3 aromatic rings. The molecule has 1 heterocycles. The quantitative estimate of drug-likeness (QED) is 0.240. The molecule has 0 unspecified atom stereocenters. The molecule has 13 heteroatoms. The fraction of sp³-hybridized carbons (Fsp3) is 0.0625. The van der Waals surface area contributed by atoms with Gasteiger partial charge in [-0.2, -0.15) is 4.72 Å². The van der Waals surface area contributed by atoms with E-state index in [9.17, 15) is 28.0 Å². The molecule has 0 spiro atoms. The Bertz CT molecular complexity index is 1250. The van der Waals surface area contributed by atoms with Gasteiger partial charge in [0.05, 0.1) is 0 Å². The molecule has 0 fully saturated rings. The number of hydrogen-bond acceptors (Lipinski definition) is 7. The lowest BCUT2D eigenvalue weighted by atomic mass is 10.1. The lowest BCUT2D eigenvalue weighted by Crippen LogP contribution is -2.23. The zero-order chi connectivity index (χ0) is 21.4. The van der Waals surface area contributed by atoms with Crippen molar-refractivity contribution in [3.8, 4) is 11.5 Å². The number of hydrogen-bond donors (Lipinski definition) is 6. The number of sulfonamides is 1. The van der Waals surface area contributed by atoms with E-state index in [1.54, 1.807) is 12.1 Å². The molecule has 0 aliphatic carbocycles. The average Bonchev–Trinajstić information content (AvgIpc) is 3.06. The summed E-state index contributed by atoms with van der Waals surface area (Å²) in [7, 11) is -8.65. The number of carbonyl (C=O) groups is 1. The molecular weight excluding hydrogens is 443 g/mol. The Morgan fingerprint density at radius 2 is 1.76 bits per heavy atom. The van der Waals surface area contributed by atoms with Gasteiger partial charge in [0.2, 0.25) is 0 Å². The molecule has 3 rings (SSSR count). The van der Waals surface area contributed by atoms with Gasteiger partial charge in [0.15, 0.2) is 11.5 Å². The van der Waals surface area contributed by atoms with Gasteiger partial charge in [-0.25, -0.2) is 8.42 Å². The van der Waals surface area contributed by atoms with Crippen LogP contribution in [0.1, 0.15) is 10.4 Å². The van der Waals surface area contributed by atoms with E-state index in [1.807, 2.05) is 4.72 Å². The third kappa shape index (κ3) is 5.12. The first-order valence-corrected chi connectivity index (χ1v) is 12.0. The number of phenols is 2. The maximum absolute atomic E-state index is 12.3. The van der Waals surface area contributed by atoms with Gasteiger partial charge in [0.25, 0.3) is 15.9 Å². The summed E-state index contributed by atoms with van der Waals surface area (Å²) in [6.07, 6.45) is -1.01. The van der Waals surface area contributed by atoms with Crippen LogP contribution in [0, 0.1) is 0 Å². The Hall–Kier alpha value is -2.47. The fourth-order valence-corrected chi connectivity index (χ4v) is 5.77. The summed E-state index contributed by atoms with van der Waals surface area (Å²) in [6, 6.07) is 9.60. The van der Waals surface area contributed by atoms with Gasteiger partial charge in [-0.1, -0.05) is 0 Å². The van der Waals surface area contributed by atoms with Gasteiger partial charge in [-0.15, -0.1) is 11.3 Å². The van der Waals surface area contributed by atoms with Crippen LogP contribution in [-0.2, 0) is 14.6 Å².